The standard InChI is InChI=1S/C17H13F4NO4/c1-25-15(23)13-10(6-18)22-11-7-26-16(24)14(11)12(13)8-4-2-3-5-9(8)17(19,20)21/h2-5,12,22H,6-7H2,1H3. The van der Waals surface area contributed by atoms with Crippen molar-refractivity contribution < 1.29 is 36.6 Å². The van der Waals surface area contributed by atoms with Crippen LogP contribution in [-0.2, 0) is 25.2 Å². The highest BCUT2D eigenvalue weighted by Crippen LogP contribution is 2.45. The van der Waals surface area contributed by atoms with Crippen LogP contribution in [0, 0.1) is 0 Å². The van der Waals surface area contributed by atoms with Crippen molar-refractivity contribution in [1.82, 2.24) is 5.32 Å². The summed E-state index contributed by atoms with van der Waals surface area (Å²) in [6.45, 7) is -1.39. The molecule has 0 saturated carbocycles. The molecule has 0 aromatic heterocycles. The monoisotopic (exact) mass is 371 g/mol. The third-order valence-electron chi connectivity index (χ3n) is 4.21. The fraction of sp³-hybridized carbons (Fsp3) is 0.294. The number of allylic oxidation sites excluding steroid dienone is 1. The molecule has 0 fully saturated rings. The van der Waals surface area contributed by atoms with Crippen molar-refractivity contribution in [2.75, 3.05) is 20.4 Å². The lowest BCUT2D eigenvalue weighted by atomic mass is 9.79. The van der Waals surface area contributed by atoms with E-state index >= 15 is 0 Å². The summed E-state index contributed by atoms with van der Waals surface area (Å²) in [6, 6.07) is 4.51. The highest BCUT2D eigenvalue weighted by Gasteiger charge is 2.46. The first-order valence-electron chi connectivity index (χ1n) is 7.50. The Bertz CT molecular complexity index is 841. The van der Waals surface area contributed by atoms with E-state index in [-0.39, 0.29) is 34.7 Å². The molecule has 3 rings (SSSR count). The molecule has 0 aliphatic carbocycles. The number of benzene rings is 1. The molecule has 0 bridgehead atoms. The third kappa shape index (κ3) is 2.83. The molecule has 1 atom stereocenters. The van der Waals surface area contributed by atoms with Crippen LogP contribution in [0.5, 0.6) is 0 Å². The van der Waals surface area contributed by atoms with Crippen LogP contribution in [0.4, 0.5) is 17.6 Å². The topological polar surface area (TPSA) is 64.6 Å². The second-order valence-corrected chi connectivity index (χ2v) is 5.63. The zero-order valence-corrected chi connectivity index (χ0v) is 13.4. The van der Waals surface area contributed by atoms with Crippen molar-refractivity contribution in [3.05, 3.63) is 57.9 Å². The van der Waals surface area contributed by atoms with Gasteiger partial charge in [-0.25, -0.2) is 14.0 Å². The fourth-order valence-corrected chi connectivity index (χ4v) is 3.15. The molecule has 0 amide bonds. The zero-order valence-electron chi connectivity index (χ0n) is 13.4. The van der Waals surface area contributed by atoms with Gasteiger partial charge in [-0.05, 0) is 11.6 Å². The summed E-state index contributed by atoms with van der Waals surface area (Å²) in [5, 5.41) is 2.58. The number of nitrogens with one attached hydrogen (secondary N) is 1. The smallest absolute Gasteiger partial charge is 0.416 e. The number of alkyl halides is 4. The average Bonchev–Trinajstić information content (AvgIpc) is 2.99. The van der Waals surface area contributed by atoms with E-state index in [1.54, 1.807) is 0 Å². The van der Waals surface area contributed by atoms with Gasteiger partial charge in [-0.1, -0.05) is 18.2 Å². The van der Waals surface area contributed by atoms with Crippen molar-refractivity contribution in [2.24, 2.45) is 0 Å². The Labute approximate surface area is 145 Å². The van der Waals surface area contributed by atoms with Crippen LogP contribution in [0.25, 0.3) is 0 Å². The van der Waals surface area contributed by atoms with E-state index in [9.17, 15) is 27.2 Å². The minimum Gasteiger partial charge on any atom is -0.466 e. The van der Waals surface area contributed by atoms with Gasteiger partial charge < -0.3 is 14.8 Å². The van der Waals surface area contributed by atoms with E-state index in [1.807, 2.05) is 0 Å². The number of dihydropyridines is 1. The Morgan fingerprint density at radius 2 is 2.04 bits per heavy atom. The van der Waals surface area contributed by atoms with Gasteiger partial charge in [-0.3, -0.25) is 0 Å². The minimum absolute atomic E-state index is 0.136. The lowest BCUT2D eigenvalue weighted by molar-refractivity contribution is -0.140. The number of hydrogen-bond donors (Lipinski definition) is 1. The molecule has 5 nitrogen and oxygen atoms in total. The molecular weight excluding hydrogens is 358 g/mol. The molecule has 0 saturated heterocycles. The highest BCUT2D eigenvalue weighted by molar-refractivity contribution is 6.01. The predicted octanol–water partition coefficient (Wildman–Crippen LogP) is 2.60. The summed E-state index contributed by atoms with van der Waals surface area (Å²) < 4.78 is 63.4. The van der Waals surface area contributed by atoms with Gasteiger partial charge in [0.1, 0.15) is 13.3 Å². The van der Waals surface area contributed by atoms with E-state index in [0.717, 1.165) is 19.2 Å². The van der Waals surface area contributed by atoms with Gasteiger partial charge in [-0.15, -0.1) is 0 Å². The number of rotatable bonds is 3. The van der Waals surface area contributed by atoms with Crippen LogP contribution in [0.15, 0.2) is 46.8 Å². The first kappa shape index (κ1) is 18.0. The van der Waals surface area contributed by atoms with E-state index < -0.39 is 36.3 Å². The first-order chi connectivity index (χ1) is 12.3. The van der Waals surface area contributed by atoms with E-state index in [1.165, 1.54) is 12.1 Å². The van der Waals surface area contributed by atoms with Crippen LogP contribution < -0.4 is 5.32 Å². The second-order valence-electron chi connectivity index (χ2n) is 5.63. The van der Waals surface area contributed by atoms with Crippen molar-refractivity contribution in [1.29, 1.82) is 0 Å². The van der Waals surface area contributed by atoms with Crippen LogP contribution in [-0.4, -0.2) is 32.3 Å². The molecular formula is C17H13F4NO4. The number of methoxy groups -OCH3 is 1. The lowest BCUT2D eigenvalue weighted by Crippen LogP contribution is -2.32. The zero-order chi connectivity index (χ0) is 19.1. The number of esters is 2. The largest absolute Gasteiger partial charge is 0.466 e. The van der Waals surface area contributed by atoms with Gasteiger partial charge in [0, 0.05) is 0 Å². The number of carbonyl (C=O) groups is 2. The van der Waals surface area contributed by atoms with Crippen LogP contribution in [0.3, 0.4) is 0 Å². The summed E-state index contributed by atoms with van der Waals surface area (Å²) in [5.41, 5.74) is -2.03. The summed E-state index contributed by atoms with van der Waals surface area (Å²) in [7, 11) is 1.02. The molecule has 0 spiro atoms. The molecule has 0 radical (unpaired) electrons. The Hall–Kier alpha value is -2.84. The second kappa shape index (κ2) is 6.47. The predicted molar refractivity (Wildman–Crippen MR) is 80.3 cm³/mol. The maximum absolute atomic E-state index is 13.5. The SMILES string of the molecule is COC(=O)C1=C(CF)NC2=C(C(=O)OC2)C1c1ccccc1C(F)(F)F. The number of hydrogen-bond acceptors (Lipinski definition) is 5. The van der Waals surface area contributed by atoms with Crippen LogP contribution >= 0.6 is 0 Å². The number of cyclic esters (lactones) is 1. The summed E-state index contributed by atoms with van der Waals surface area (Å²) in [5.74, 6) is -3.34. The van der Waals surface area contributed by atoms with Crippen molar-refractivity contribution >= 4 is 11.9 Å². The number of ether oxygens (including phenoxy) is 2. The quantitative estimate of drug-likeness (QED) is 0.654. The van der Waals surface area contributed by atoms with Crippen molar-refractivity contribution in [2.45, 2.75) is 12.1 Å². The molecule has 9 heteroatoms. The van der Waals surface area contributed by atoms with Crippen LogP contribution in [0.2, 0.25) is 0 Å². The van der Waals surface area contributed by atoms with Gasteiger partial charge in [0.25, 0.3) is 0 Å². The van der Waals surface area contributed by atoms with Gasteiger partial charge in [-0.2, -0.15) is 13.2 Å². The Balaban J connectivity index is 2.29. The fourth-order valence-electron chi connectivity index (χ4n) is 3.15. The normalized spacial score (nSPS) is 19.9. The third-order valence-corrected chi connectivity index (χ3v) is 4.21. The average molecular weight is 371 g/mol. The number of carbonyl (C=O) groups excluding carboxylic acids is 2. The summed E-state index contributed by atoms with van der Waals surface area (Å²) in [4.78, 5) is 24.4. The van der Waals surface area contributed by atoms with Crippen molar-refractivity contribution in [3.63, 3.8) is 0 Å². The van der Waals surface area contributed by atoms with Gasteiger partial charge >= 0.3 is 18.1 Å². The van der Waals surface area contributed by atoms with E-state index in [2.05, 4.69) is 10.1 Å². The molecule has 1 aromatic rings. The molecule has 2 aliphatic heterocycles. The molecule has 26 heavy (non-hydrogen) atoms. The Morgan fingerprint density at radius 1 is 1.35 bits per heavy atom. The Kier molecular flexibility index (Phi) is 4.47. The van der Waals surface area contributed by atoms with E-state index in [0.29, 0.717) is 0 Å². The Morgan fingerprint density at radius 3 is 2.65 bits per heavy atom. The molecule has 2 aliphatic rings. The van der Waals surface area contributed by atoms with Gasteiger partial charge in [0.15, 0.2) is 0 Å². The molecule has 1 aromatic carbocycles. The minimum atomic E-state index is -4.73. The first-order valence-corrected chi connectivity index (χ1v) is 7.50. The van der Waals surface area contributed by atoms with E-state index in [4.69, 9.17) is 4.74 Å². The molecule has 2 heterocycles. The van der Waals surface area contributed by atoms with Crippen molar-refractivity contribution in [3.8, 4) is 0 Å². The lowest BCUT2D eigenvalue weighted by Gasteiger charge is -2.29. The summed E-state index contributed by atoms with van der Waals surface area (Å²) >= 11 is 0. The van der Waals surface area contributed by atoms with Gasteiger partial charge in [0.2, 0.25) is 0 Å². The molecule has 1 N–H and O–H groups in total. The molecule has 138 valence electrons. The summed E-state index contributed by atoms with van der Waals surface area (Å²) in [6.07, 6.45) is -4.73. The molecule has 1 unspecified atom stereocenters. The highest BCUT2D eigenvalue weighted by atomic mass is 19.4. The maximum atomic E-state index is 13.5. The van der Waals surface area contributed by atoms with Crippen LogP contribution in [0.1, 0.15) is 17.0 Å². The number of halogens is 4. The van der Waals surface area contributed by atoms with Gasteiger partial charge in [0.05, 0.1) is 41.1 Å². The maximum Gasteiger partial charge on any atom is 0.416 e.